The molecular weight excluding hydrogens is 213 g/mol. The molecule has 3 nitrogen and oxygen atoms in total. The monoisotopic (exact) mass is 228 g/mol. The molecule has 1 unspecified atom stereocenters. The first-order valence-corrected chi connectivity index (χ1v) is 4.47. The number of carbonyl (C=O) groups is 1. The number of carboxylic acids is 1. The molecule has 0 spiro atoms. The zero-order valence-electron chi connectivity index (χ0n) is 8.89. The molecule has 6 heteroatoms. The molecule has 0 saturated carbocycles. The SMILES string of the molecule is CC(C)(C)C(CCOC(F)(F)F)C(=O)O. The lowest BCUT2D eigenvalue weighted by atomic mass is 9.79. The third-order valence-electron chi connectivity index (χ3n) is 2.02. The predicted octanol–water partition coefficient (Wildman–Crippen LogP) is 2.66. The van der Waals surface area contributed by atoms with Crippen molar-refractivity contribution in [3.63, 3.8) is 0 Å². The number of alkyl halides is 3. The maximum absolute atomic E-state index is 11.6. The number of rotatable bonds is 4. The fourth-order valence-corrected chi connectivity index (χ4v) is 1.22. The number of hydrogen-bond donors (Lipinski definition) is 1. The van der Waals surface area contributed by atoms with Crippen LogP contribution < -0.4 is 0 Å². The fourth-order valence-electron chi connectivity index (χ4n) is 1.22. The van der Waals surface area contributed by atoms with E-state index in [9.17, 15) is 18.0 Å². The lowest BCUT2D eigenvalue weighted by Gasteiger charge is -2.26. The summed E-state index contributed by atoms with van der Waals surface area (Å²) in [6.07, 6.45) is -4.85. The molecule has 0 aromatic carbocycles. The summed E-state index contributed by atoms with van der Waals surface area (Å²) in [6, 6.07) is 0. The molecule has 0 radical (unpaired) electrons. The first-order valence-electron chi connectivity index (χ1n) is 4.47. The van der Waals surface area contributed by atoms with E-state index in [1.807, 2.05) is 0 Å². The van der Waals surface area contributed by atoms with Gasteiger partial charge in [-0.1, -0.05) is 20.8 Å². The fraction of sp³-hybridized carbons (Fsp3) is 0.889. The second kappa shape index (κ2) is 4.83. The highest BCUT2D eigenvalue weighted by Crippen LogP contribution is 2.29. The summed E-state index contributed by atoms with van der Waals surface area (Å²) in [4.78, 5) is 10.8. The normalized spacial score (nSPS) is 15.1. The van der Waals surface area contributed by atoms with Crippen LogP contribution in [0.15, 0.2) is 0 Å². The van der Waals surface area contributed by atoms with Gasteiger partial charge < -0.3 is 5.11 Å². The number of hydrogen-bond acceptors (Lipinski definition) is 2. The lowest BCUT2D eigenvalue weighted by molar-refractivity contribution is -0.325. The van der Waals surface area contributed by atoms with Crippen LogP contribution in [-0.4, -0.2) is 24.0 Å². The van der Waals surface area contributed by atoms with Crippen molar-refractivity contribution in [1.29, 1.82) is 0 Å². The molecule has 0 saturated heterocycles. The van der Waals surface area contributed by atoms with Crippen LogP contribution in [0.1, 0.15) is 27.2 Å². The topological polar surface area (TPSA) is 46.5 Å². The molecule has 0 bridgehead atoms. The average molecular weight is 228 g/mol. The first-order chi connectivity index (χ1) is 6.54. The summed E-state index contributed by atoms with van der Waals surface area (Å²) in [5, 5.41) is 8.80. The largest absolute Gasteiger partial charge is 0.522 e. The van der Waals surface area contributed by atoms with E-state index in [1.54, 1.807) is 20.8 Å². The smallest absolute Gasteiger partial charge is 0.481 e. The van der Waals surface area contributed by atoms with E-state index in [4.69, 9.17) is 5.11 Å². The van der Waals surface area contributed by atoms with Gasteiger partial charge in [-0.2, -0.15) is 0 Å². The van der Waals surface area contributed by atoms with Crippen LogP contribution >= 0.6 is 0 Å². The standard InChI is InChI=1S/C9H15F3O3/c1-8(2,3)6(7(13)14)4-5-15-9(10,11)12/h6H,4-5H2,1-3H3,(H,13,14). The Balaban J connectivity index is 4.17. The highest BCUT2D eigenvalue weighted by Gasteiger charge is 2.34. The van der Waals surface area contributed by atoms with Crippen molar-refractivity contribution < 1.29 is 27.8 Å². The van der Waals surface area contributed by atoms with Gasteiger partial charge in [0.05, 0.1) is 12.5 Å². The highest BCUT2D eigenvalue weighted by atomic mass is 19.4. The van der Waals surface area contributed by atoms with Crippen LogP contribution in [0.5, 0.6) is 0 Å². The van der Waals surface area contributed by atoms with Gasteiger partial charge in [0.1, 0.15) is 0 Å². The van der Waals surface area contributed by atoms with Gasteiger partial charge in [-0.3, -0.25) is 9.53 Å². The van der Waals surface area contributed by atoms with Crippen molar-refractivity contribution in [1.82, 2.24) is 0 Å². The van der Waals surface area contributed by atoms with Crippen molar-refractivity contribution in [2.45, 2.75) is 33.6 Å². The molecule has 0 fully saturated rings. The predicted molar refractivity (Wildman–Crippen MR) is 47.2 cm³/mol. The molecule has 1 N–H and O–H groups in total. The van der Waals surface area contributed by atoms with E-state index in [1.165, 1.54) is 0 Å². The molecular formula is C9H15F3O3. The lowest BCUT2D eigenvalue weighted by Crippen LogP contribution is -2.30. The van der Waals surface area contributed by atoms with Crippen molar-refractivity contribution in [3.8, 4) is 0 Å². The van der Waals surface area contributed by atoms with E-state index >= 15 is 0 Å². The molecule has 0 rings (SSSR count). The zero-order chi connectivity index (χ0) is 12.3. The van der Waals surface area contributed by atoms with Gasteiger partial charge >= 0.3 is 12.3 Å². The quantitative estimate of drug-likeness (QED) is 0.804. The van der Waals surface area contributed by atoms with Gasteiger partial charge in [-0.05, 0) is 11.8 Å². The molecule has 1 atom stereocenters. The Morgan fingerprint density at radius 2 is 1.80 bits per heavy atom. The van der Waals surface area contributed by atoms with Gasteiger partial charge in [-0.15, -0.1) is 13.2 Å². The van der Waals surface area contributed by atoms with Crippen LogP contribution in [0.25, 0.3) is 0 Å². The van der Waals surface area contributed by atoms with Crippen LogP contribution in [-0.2, 0) is 9.53 Å². The number of carboxylic acid groups (broad SMARTS) is 1. The second-order valence-electron chi connectivity index (χ2n) is 4.34. The molecule has 15 heavy (non-hydrogen) atoms. The van der Waals surface area contributed by atoms with Crippen LogP contribution in [0, 0.1) is 11.3 Å². The van der Waals surface area contributed by atoms with Crippen molar-refractivity contribution in [2.24, 2.45) is 11.3 Å². The maximum Gasteiger partial charge on any atom is 0.522 e. The number of aliphatic carboxylic acids is 1. The zero-order valence-corrected chi connectivity index (χ0v) is 8.89. The third-order valence-corrected chi connectivity index (χ3v) is 2.02. The number of halogens is 3. The molecule has 90 valence electrons. The van der Waals surface area contributed by atoms with Gasteiger partial charge in [0.15, 0.2) is 0 Å². The minimum atomic E-state index is -4.69. The Bertz CT molecular complexity index is 218. The van der Waals surface area contributed by atoms with Gasteiger partial charge in [0.2, 0.25) is 0 Å². The third kappa shape index (κ3) is 6.33. The van der Waals surface area contributed by atoms with E-state index in [0.29, 0.717) is 0 Å². The minimum absolute atomic E-state index is 0.154. The summed E-state index contributed by atoms with van der Waals surface area (Å²) >= 11 is 0. The molecule has 0 amide bonds. The average Bonchev–Trinajstić information content (AvgIpc) is 1.92. The molecule has 0 aliphatic heterocycles. The summed E-state index contributed by atoms with van der Waals surface area (Å²) in [7, 11) is 0. The van der Waals surface area contributed by atoms with E-state index < -0.39 is 30.3 Å². The van der Waals surface area contributed by atoms with E-state index in [-0.39, 0.29) is 6.42 Å². The summed E-state index contributed by atoms with van der Waals surface area (Å²) in [5.41, 5.74) is -0.583. The maximum atomic E-state index is 11.6. The van der Waals surface area contributed by atoms with Gasteiger partial charge in [0, 0.05) is 0 Å². The Morgan fingerprint density at radius 1 is 1.33 bits per heavy atom. The summed E-state index contributed by atoms with van der Waals surface area (Å²) in [6.45, 7) is 4.37. The first kappa shape index (κ1) is 14.2. The van der Waals surface area contributed by atoms with Gasteiger partial charge in [0.25, 0.3) is 0 Å². The molecule has 0 heterocycles. The molecule has 0 aromatic heterocycles. The molecule has 0 aliphatic carbocycles. The summed E-state index contributed by atoms with van der Waals surface area (Å²) in [5.74, 6) is -1.95. The van der Waals surface area contributed by atoms with Crippen LogP contribution in [0.4, 0.5) is 13.2 Å². The van der Waals surface area contributed by atoms with Crippen LogP contribution in [0.2, 0.25) is 0 Å². The summed E-state index contributed by atoms with van der Waals surface area (Å²) < 4.78 is 38.4. The van der Waals surface area contributed by atoms with Crippen LogP contribution in [0.3, 0.4) is 0 Å². The van der Waals surface area contributed by atoms with Crippen molar-refractivity contribution in [2.75, 3.05) is 6.61 Å². The Morgan fingerprint density at radius 3 is 2.07 bits per heavy atom. The Labute approximate surface area is 86.2 Å². The molecule has 0 aromatic rings. The van der Waals surface area contributed by atoms with E-state index in [0.717, 1.165) is 0 Å². The Hall–Kier alpha value is -0.780. The van der Waals surface area contributed by atoms with Crippen molar-refractivity contribution in [3.05, 3.63) is 0 Å². The Kier molecular flexibility index (Phi) is 4.58. The number of ether oxygens (including phenoxy) is 1. The second-order valence-corrected chi connectivity index (χ2v) is 4.34. The molecule has 0 aliphatic rings. The minimum Gasteiger partial charge on any atom is -0.481 e. The van der Waals surface area contributed by atoms with E-state index in [2.05, 4.69) is 4.74 Å². The van der Waals surface area contributed by atoms with Crippen molar-refractivity contribution >= 4 is 5.97 Å². The highest BCUT2D eigenvalue weighted by molar-refractivity contribution is 5.70. The van der Waals surface area contributed by atoms with Gasteiger partial charge in [-0.25, -0.2) is 0 Å².